The molecule has 0 radical (unpaired) electrons. The molecule has 37 heavy (non-hydrogen) atoms. The van der Waals surface area contributed by atoms with E-state index in [4.69, 9.17) is 9.47 Å². The predicted molar refractivity (Wildman–Crippen MR) is 138 cm³/mol. The van der Waals surface area contributed by atoms with Crippen molar-refractivity contribution in [3.05, 3.63) is 89.3 Å². The highest BCUT2D eigenvalue weighted by Crippen LogP contribution is 2.42. The van der Waals surface area contributed by atoms with Crippen LogP contribution < -0.4 is 9.47 Å². The van der Waals surface area contributed by atoms with Crippen LogP contribution in [0, 0.1) is 0 Å². The zero-order valence-electron chi connectivity index (χ0n) is 20.9. The number of ketones is 1. The number of hydrogen-bond donors (Lipinski definition) is 2. The first-order valence-electron chi connectivity index (χ1n) is 12.3. The Bertz CT molecular complexity index is 1300. The summed E-state index contributed by atoms with van der Waals surface area (Å²) in [5, 5.41) is 21.6. The maximum atomic E-state index is 13.3. The number of rotatable bonds is 10. The molecule has 0 saturated carbocycles. The first-order valence-corrected chi connectivity index (χ1v) is 12.3. The fourth-order valence-electron chi connectivity index (χ4n) is 4.27. The van der Waals surface area contributed by atoms with Gasteiger partial charge in [-0.2, -0.15) is 0 Å². The number of phenols is 1. The van der Waals surface area contributed by atoms with Crippen LogP contribution in [0.4, 0.5) is 0 Å². The van der Waals surface area contributed by atoms with Crippen LogP contribution in [0.3, 0.4) is 0 Å². The van der Waals surface area contributed by atoms with Gasteiger partial charge in [0.2, 0.25) is 0 Å². The Hall–Kier alpha value is -4.33. The standard InChI is InChI=1S/C29H30N2O6/c1-3-5-14-37-22-10-6-9-21(15-22)27(33)25-26(20-11-12-23(32)24(16-20)36-4-2)31(29(35)28(25)34)18-19-8-7-13-30-17-19/h6-13,15-17,26,32-33H,3-5,14,18H2,1-2H3. The van der Waals surface area contributed by atoms with Crippen molar-refractivity contribution in [1.82, 2.24) is 9.88 Å². The lowest BCUT2D eigenvalue weighted by Crippen LogP contribution is -2.29. The van der Waals surface area contributed by atoms with Crippen molar-refractivity contribution in [1.29, 1.82) is 0 Å². The van der Waals surface area contributed by atoms with Crippen LogP contribution in [0.15, 0.2) is 72.6 Å². The third-order valence-corrected chi connectivity index (χ3v) is 6.09. The number of pyridine rings is 1. The average Bonchev–Trinajstić information content (AvgIpc) is 3.15. The molecule has 1 fully saturated rings. The van der Waals surface area contributed by atoms with E-state index in [1.54, 1.807) is 61.8 Å². The number of benzene rings is 2. The number of hydrogen-bond acceptors (Lipinski definition) is 7. The molecule has 1 aliphatic heterocycles. The second-order valence-corrected chi connectivity index (χ2v) is 8.68. The van der Waals surface area contributed by atoms with Crippen molar-refractivity contribution < 1.29 is 29.3 Å². The molecule has 1 amide bonds. The Labute approximate surface area is 215 Å². The van der Waals surface area contributed by atoms with Crippen LogP contribution >= 0.6 is 0 Å². The molecular formula is C29H30N2O6. The molecule has 1 saturated heterocycles. The summed E-state index contributed by atoms with van der Waals surface area (Å²) in [5.41, 5.74) is 1.56. The number of amides is 1. The van der Waals surface area contributed by atoms with Gasteiger partial charge in [-0.1, -0.05) is 37.6 Å². The maximum absolute atomic E-state index is 13.3. The van der Waals surface area contributed by atoms with Gasteiger partial charge in [-0.15, -0.1) is 0 Å². The molecule has 1 unspecified atom stereocenters. The van der Waals surface area contributed by atoms with Crippen molar-refractivity contribution >= 4 is 17.4 Å². The molecule has 0 spiro atoms. The van der Waals surface area contributed by atoms with Crippen LogP contribution in [0.1, 0.15) is 49.4 Å². The maximum Gasteiger partial charge on any atom is 0.295 e. The molecule has 3 aromatic rings. The number of aromatic hydroxyl groups is 1. The van der Waals surface area contributed by atoms with E-state index in [1.165, 1.54) is 11.0 Å². The number of carbonyl (C=O) groups is 2. The zero-order chi connectivity index (χ0) is 26.4. The van der Waals surface area contributed by atoms with Crippen LogP contribution in [-0.4, -0.2) is 45.0 Å². The number of aromatic nitrogens is 1. The van der Waals surface area contributed by atoms with Gasteiger partial charge < -0.3 is 24.6 Å². The smallest absolute Gasteiger partial charge is 0.295 e. The van der Waals surface area contributed by atoms with E-state index < -0.39 is 17.7 Å². The molecule has 8 heteroatoms. The summed E-state index contributed by atoms with van der Waals surface area (Å²) in [6.07, 6.45) is 5.12. The van der Waals surface area contributed by atoms with Crippen LogP contribution in [0.5, 0.6) is 17.2 Å². The minimum absolute atomic E-state index is 0.0484. The van der Waals surface area contributed by atoms with Gasteiger partial charge in [-0.3, -0.25) is 14.6 Å². The van der Waals surface area contributed by atoms with Gasteiger partial charge in [0.05, 0.1) is 24.8 Å². The third-order valence-electron chi connectivity index (χ3n) is 6.09. The number of likely N-dealkylation sites (tertiary alicyclic amines) is 1. The normalized spacial score (nSPS) is 16.7. The summed E-state index contributed by atoms with van der Waals surface area (Å²) in [6.45, 7) is 4.80. The second kappa shape index (κ2) is 11.6. The molecule has 4 rings (SSSR count). The molecule has 2 N–H and O–H groups in total. The summed E-state index contributed by atoms with van der Waals surface area (Å²) in [4.78, 5) is 32.1. The first kappa shape index (κ1) is 25.8. The van der Waals surface area contributed by atoms with Gasteiger partial charge in [0.1, 0.15) is 11.5 Å². The van der Waals surface area contributed by atoms with E-state index >= 15 is 0 Å². The second-order valence-electron chi connectivity index (χ2n) is 8.68. The average molecular weight is 503 g/mol. The molecule has 0 bridgehead atoms. The highest BCUT2D eigenvalue weighted by molar-refractivity contribution is 6.46. The molecule has 1 aromatic heterocycles. The van der Waals surface area contributed by atoms with Gasteiger partial charge in [0.25, 0.3) is 11.7 Å². The lowest BCUT2D eigenvalue weighted by molar-refractivity contribution is -0.140. The molecule has 2 aromatic carbocycles. The highest BCUT2D eigenvalue weighted by atomic mass is 16.5. The van der Waals surface area contributed by atoms with Crippen molar-refractivity contribution in [2.75, 3.05) is 13.2 Å². The molecule has 1 aliphatic rings. The third kappa shape index (κ3) is 5.58. The lowest BCUT2D eigenvalue weighted by Gasteiger charge is -2.26. The van der Waals surface area contributed by atoms with Gasteiger partial charge in [0, 0.05) is 24.5 Å². The van der Waals surface area contributed by atoms with E-state index in [2.05, 4.69) is 11.9 Å². The Morgan fingerprint density at radius 2 is 1.89 bits per heavy atom. The van der Waals surface area contributed by atoms with Crippen LogP contribution in [0.25, 0.3) is 5.76 Å². The largest absolute Gasteiger partial charge is 0.507 e. The Morgan fingerprint density at radius 1 is 1.05 bits per heavy atom. The molecular weight excluding hydrogens is 472 g/mol. The number of carbonyl (C=O) groups excluding carboxylic acids is 2. The summed E-state index contributed by atoms with van der Waals surface area (Å²) >= 11 is 0. The Balaban J connectivity index is 1.82. The van der Waals surface area contributed by atoms with Crippen LogP contribution in [-0.2, 0) is 16.1 Å². The SMILES string of the molecule is CCCCOc1cccc(C(O)=C2C(=O)C(=O)N(Cc3cccnc3)C2c2ccc(O)c(OCC)c2)c1. The topological polar surface area (TPSA) is 109 Å². The summed E-state index contributed by atoms with van der Waals surface area (Å²) in [7, 11) is 0. The van der Waals surface area contributed by atoms with E-state index in [-0.39, 0.29) is 29.4 Å². The van der Waals surface area contributed by atoms with Crippen molar-refractivity contribution in [3.8, 4) is 17.2 Å². The minimum Gasteiger partial charge on any atom is -0.507 e. The summed E-state index contributed by atoms with van der Waals surface area (Å²) < 4.78 is 11.3. The van der Waals surface area contributed by atoms with Crippen molar-refractivity contribution in [3.63, 3.8) is 0 Å². The number of unbranched alkanes of at least 4 members (excludes halogenated alkanes) is 1. The number of nitrogens with zero attached hydrogens (tertiary/aromatic N) is 2. The number of phenolic OH excluding ortho intramolecular Hbond substituents is 1. The minimum atomic E-state index is -0.912. The summed E-state index contributed by atoms with van der Waals surface area (Å²) in [6, 6.07) is 14.1. The van der Waals surface area contributed by atoms with E-state index in [9.17, 15) is 19.8 Å². The summed E-state index contributed by atoms with van der Waals surface area (Å²) in [5.74, 6) is -1.12. The van der Waals surface area contributed by atoms with E-state index in [1.807, 2.05) is 6.07 Å². The molecule has 1 atom stereocenters. The van der Waals surface area contributed by atoms with Gasteiger partial charge in [-0.25, -0.2) is 0 Å². The van der Waals surface area contributed by atoms with Crippen molar-refractivity contribution in [2.45, 2.75) is 39.3 Å². The molecule has 8 nitrogen and oxygen atoms in total. The molecule has 2 heterocycles. The predicted octanol–water partition coefficient (Wildman–Crippen LogP) is 4.99. The molecule has 192 valence electrons. The fraction of sp³-hybridized carbons (Fsp3) is 0.276. The van der Waals surface area contributed by atoms with Crippen molar-refractivity contribution in [2.24, 2.45) is 0 Å². The number of ether oxygens (including phenoxy) is 2. The monoisotopic (exact) mass is 502 g/mol. The number of Topliss-reactive ketones (excluding diaryl/α,β-unsaturated/α-hetero) is 1. The zero-order valence-corrected chi connectivity index (χ0v) is 20.9. The first-order chi connectivity index (χ1) is 17.9. The Kier molecular flexibility index (Phi) is 8.08. The lowest BCUT2D eigenvalue weighted by atomic mass is 9.94. The van der Waals surface area contributed by atoms with E-state index in [0.29, 0.717) is 30.1 Å². The quantitative estimate of drug-likeness (QED) is 0.174. The number of aliphatic hydroxyl groups is 1. The van der Waals surface area contributed by atoms with Crippen LogP contribution in [0.2, 0.25) is 0 Å². The fourth-order valence-corrected chi connectivity index (χ4v) is 4.27. The highest BCUT2D eigenvalue weighted by Gasteiger charge is 2.46. The van der Waals surface area contributed by atoms with E-state index in [0.717, 1.165) is 18.4 Å². The number of aliphatic hydroxyl groups excluding tert-OH is 1. The van der Waals surface area contributed by atoms with Gasteiger partial charge in [-0.05, 0) is 54.8 Å². The van der Waals surface area contributed by atoms with Gasteiger partial charge in [0.15, 0.2) is 11.5 Å². The Morgan fingerprint density at radius 3 is 2.62 bits per heavy atom. The van der Waals surface area contributed by atoms with Gasteiger partial charge >= 0.3 is 0 Å². The molecule has 0 aliphatic carbocycles.